The van der Waals surface area contributed by atoms with Gasteiger partial charge in [0.1, 0.15) is 17.6 Å². The Bertz CT molecular complexity index is 322. The number of methoxy groups -OCH3 is 1. The van der Waals surface area contributed by atoms with Crippen LogP contribution in [0.2, 0.25) is 0 Å². The number of aryl methyl sites for hydroxylation is 1. The van der Waals surface area contributed by atoms with E-state index in [4.69, 9.17) is 14.6 Å². The van der Waals surface area contributed by atoms with Gasteiger partial charge in [0, 0.05) is 6.07 Å². The molecule has 0 aliphatic carbocycles. The molecule has 0 aromatic heterocycles. The van der Waals surface area contributed by atoms with Gasteiger partial charge in [-0.15, -0.1) is 0 Å². The van der Waals surface area contributed by atoms with Gasteiger partial charge in [0.25, 0.3) is 0 Å². The van der Waals surface area contributed by atoms with Crippen LogP contribution in [0.15, 0.2) is 18.2 Å². The molecule has 0 unspecified atom stereocenters. The summed E-state index contributed by atoms with van der Waals surface area (Å²) in [5.74, 6) is 1.64. The van der Waals surface area contributed by atoms with Gasteiger partial charge in [0.2, 0.25) is 0 Å². The topological polar surface area (TPSA) is 38.7 Å². The molecule has 2 rings (SSSR count). The van der Waals surface area contributed by atoms with E-state index in [9.17, 15) is 0 Å². The lowest BCUT2D eigenvalue weighted by atomic mass is 10.0. The fourth-order valence-corrected chi connectivity index (χ4v) is 1.66. The average molecular weight is 194 g/mol. The van der Waals surface area contributed by atoms with Gasteiger partial charge < -0.3 is 14.6 Å². The molecule has 1 aliphatic heterocycles. The summed E-state index contributed by atoms with van der Waals surface area (Å²) in [7, 11) is 1.63. The van der Waals surface area contributed by atoms with E-state index < -0.39 is 0 Å². The molecule has 1 N–H and O–H groups in total. The maximum Gasteiger partial charge on any atom is 0.126 e. The molecule has 0 spiro atoms. The zero-order valence-corrected chi connectivity index (χ0v) is 8.19. The number of rotatable bonds is 2. The molecule has 14 heavy (non-hydrogen) atoms. The van der Waals surface area contributed by atoms with Crippen LogP contribution < -0.4 is 9.47 Å². The van der Waals surface area contributed by atoms with Gasteiger partial charge in [0.15, 0.2) is 0 Å². The van der Waals surface area contributed by atoms with Crippen molar-refractivity contribution in [1.29, 1.82) is 0 Å². The summed E-state index contributed by atoms with van der Waals surface area (Å²) in [6, 6.07) is 5.82. The van der Waals surface area contributed by atoms with E-state index >= 15 is 0 Å². The summed E-state index contributed by atoms with van der Waals surface area (Å²) < 4.78 is 10.7. The number of fused-ring (bicyclic) bond motifs is 1. The predicted molar refractivity (Wildman–Crippen MR) is 52.8 cm³/mol. The maximum absolute atomic E-state index is 8.99. The molecule has 1 atom stereocenters. The highest BCUT2D eigenvalue weighted by molar-refractivity contribution is 5.42. The van der Waals surface area contributed by atoms with E-state index in [-0.39, 0.29) is 12.7 Å². The molecule has 76 valence electrons. The lowest BCUT2D eigenvalue weighted by Crippen LogP contribution is -2.25. The summed E-state index contributed by atoms with van der Waals surface area (Å²) in [5.41, 5.74) is 1.19. The van der Waals surface area contributed by atoms with Crippen LogP contribution in [0.25, 0.3) is 0 Å². The third kappa shape index (κ3) is 1.68. The fraction of sp³-hybridized carbons (Fsp3) is 0.455. The molecule has 3 heteroatoms. The Morgan fingerprint density at radius 1 is 1.57 bits per heavy atom. The van der Waals surface area contributed by atoms with Gasteiger partial charge in [-0.25, -0.2) is 0 Å². The zero-order chi connectivity index (χ0) is 9.97. The molecular formula is C11H14O3. The zero-order valence-electron chi connectivity index (χ0n) is 8.19. The molecule has 0 saturated carbocycles. The van der Waals surface area contributed by atoms with Gasteiger partial charge in [0.05, 0.1) is 13.7 Å². The summed E-state index contributed by atoms with van der Waals surface area (Å²) in [6.07, 6.45) is 1.79. The highest BCUT2D eigenvalue weighted by atomic mass is 16.5. The third-order valence-electron chi connectivity index (χ3n) is 2.51. The molecule has 1 aromatic carbocycles. The average Bonchev–Trinajstić information content (AvgIpc) is 2.27. The van der Waals surface area contributed by atoms with Crippen molar-refractivity contribution in [2.45, 2.75) is 18.9 Å². The summed E-state index contributed by atoms with van der Waals surface area (Å²) in [4.78, 5) is 0. The number of aliphatic hydroxyl groups excluding tert-OH is 1. The molecular weight excluding hydrogens is 180 g/mol. The minimum atomic E-state index is -0.0605. The second-order valence-electron chi connectivity index (χ2n) is 3.43. The Morgan fingerprint density at radius 2 is 2.43 bits per heavy atom. The second kappa shape index (κ2) is 3.88. The fourth-order valence-electron chi connectivity index (χ4n) is 1.66. The Labute approximate surface area is 83.3 Å². The first-order chi connectivity index (χ1) is 6.83. The summed E-state index contributed by atoms with van der Waals surface area (Å²) in [6.45, 7) is 0.0800. The first-order valence-corrected chi connectivity index (χ1v) is 4.78. The summed E-state index contributed by atoms with van der Waals surface area (Å²) in [5, 5.41) is 8.99. The minimum absolute atomic E-state index is 0.0605. The molecule has 0 bridgehead atoms. The van der Waals surface area contributed by atoms with Crippen molar-refractivity contribution in [3.05, 3.63) is 23.8 Å². The van der Waals surface area contributed by atoms with Crippen LogP contribution in [0.1, 0.15) is 12.0 Å². The van der Waals surface area contributed by atoms with Crippen molar-refractivity contribution in [3.8, 4) is 11.5 Å². The lowest BCUT2D eigenvalue weighted by Gasteiger charge is -2.24. The van der Waals surface area contributed by atoms with Crippen molar-refractivity contribution in [2.75, 3.05) is 13.7 Å². The predicted octanol–water partition coefficient (Wildman–Crippen LogP) is 1.38. The smallest absolute Gasteiger partial charge is 0.126 e. The monoisotopic (exact) mass is 194 g/mol. The van der Waals surface area contributed by atoms with E-state index in [1.807, 2.05) is 18.2 Å². The standard InChI is InChI=1S/C11H14O3/c1-13-9-4-2-8-3-5-10(7-12)14-11(8)6-9/h2,4,6,10,12H,3,5,7H2,1H3/t10-/m1/s1. The Balaban J connectivity index is 2.25. The van der Waals surface area contributed by atoms with Crippen LogP contribution in [-0.4, -0.2) is 24.9 Å². The number of ether oxygens (including phenoxy) is 2. The van der Waals surface area contributed by atoms with Gasteiger partial charge >= 0.3 is 0 Å². The highest BCUT2D eigenvalue weighted by Crippen LogP contribution is 2.30. The van der Waals surface area contributed by atoms with Crippen LogP contribution >= 0.6 is 0 Å². The van der Waals surface area contributed by atoms with Gasteiger partial charge in [-0.3, -0.25) is 0 Å². The summed E-state index contributed by atoms with van der Waals surface area (Å²) >= 11 is 0. The molecule has 1 aliphatic rings. The lowest BCUT2D eigenvalue weighted by molar-refractivity contribution is 0.0975. The Hall–Kier alpha value is -1.22. The molecule has 0 saturated heterocycles. The molecule has 0 amide bonds. The van der Waals surface area contributed by atoms with Crippen LogP contribution in [-0.2, 0) is 6.42 Å². The first-order valence-electron chi connectivity index (χ1n) is 4.78. The van der Waals surface area contributed by atoms with Crippen molar-refractivity contribution in [1.82, 2.24) is 0 Å². The Kier molecular flexibility index (Phi) is 2.59. The van der Waals surface area contributed by atoms with Crippen molar-refractivity contribution in [3.63, 3.8) is 0 Å². The van der Waals surface area contributed by atoms with Crippen molar-refractivity contribution < 1.29 is 14.6 Å². The largest absolute Gasteiger partial charge is 0.497 e. The van der Waals surface area contributed by atoms with E-state index in [1.165, 1.54) is 5.56 Å². The van der Waals surface area contributed by atoms with Crippen LogP contribution in [0.4, 0.5) is 0 Å². The molecule has 3 nitrogen and oxygen atoms in total. The van der Waals surface area contributed by atoms with Gasteiger partial charge in [-0.05, 0) is 24.5 Å². The Morgan fingerprint density at radius 3 is 3.14 bits per heavy atom. The van der Waals surface area contributed by atoms with Crippen molar-refractivity contribution in [2.24, 2.45) is 0 Å². The number of hydrogen-bond acceptors (Lipinski definition) is 3. The third-order valence-corrected chi connectivity index (χ3v) is 2.51. The quantitative estimate of drug-likeness (QED) is 0.773. The number of benzene rings is 1. The van der Waals surface area contributed by atoms with E-state index in [2.05, 4.69) is 0 Å². The van der Waals surface area contributed by atoms with Gasteiger partial charge in [-0.1, -0.05) is 6.07 Å². The normalized spacial score (nSPS) is 19.7. The van der Waals surface area contributed by atoms with Gasteiger partial charge in [-0.2, -0.15) is 0 Å². The van der Waals surface area contributed by atoms with E-state index in [1.54, 1.807) is 7.11 Å². The number of hydrogen-bond donors (Lipinski definition) is 1. The highest BCUT2D eigenvalue weighted by Gasteiger charge is 2.19. The molecule has 1 heterocycles. The second-order valence-corrected chi connectivity index (χ2v) is 3.43. The first kappa shape index (κ1) is 9.34. The maximum atomic E-state index is 8.99. The molecule has 0 fully saturated rings. The minimum Gasteiger partial charge on any atom is -0.497 e. The SMILES string of the molecule is COc1ccc2c(c1)O[C@@H](CO)CC2. The number of aliphatic hydroxyl groups is 1. The van der Waals surface area contributed by atoms with Crippen LogP contribution in [0, 0.1) is 0 Å². The van der Waals surface area contributed by atoms with E-state index in [0.717, 1.165) is 24.3 Å². The molecule has 0 radical (unpaired) electrons. The van der Waals surface area contributed by atoms with Crippen LogP contribution in [0.3, 0.4) is 0 Å². The van der Waals surface area contributed by atoms with E-state index in [0.29, 0.717) is 0 Å². The molecule has 1 aromatic rings. The van der Waals surface area contributed by atoms with Crippen LogP contribution in [0.5, 0.6) is 11.5 Å². The van der Waals surface area contributed by atoms with Crippen molar-refractivity contribution >= 4 is 0 Å².